The van der Waals surface area contributed by atoms with Gasteiger partial charge in [-0.25, -0.2) is 0 Å². The van der Waals surface area contributed by atoms with Crippen LogP contribution in [0.2, 0.25) is 36.3 Å². The first-order valence-corrected chi connectivity index (χ1v) is 21.9. The minimum Gasteiger partial charge on any atom is -0.416 e. The van der Waals surface area contributed by atoms with Crippen LogP contribution in [0.5, 0.6) is 0 Å². The number of fused-ring (bicyclic) bond motifs is 7. The van der Waals surface area contributed by atoms with Gasteiger partial charge in [-0.3, -0.25) is 0 Å². The molecule has 0 N–H and O–H groups in total. The fourth-order valence-corrected chi connectivity index (χ4v) is 11.1. The quantitative estimate of drug-likeness (QED) is 0.328. The SMILES string of the molecule is CC(C)(C)[Si](C)(C)OC[C@]1(C)[C@@H](O[Si](C)(C)C(C)(C)C)CC[C@@]2(C)[C@H]1CC[C@H]1Cn3c(cc4ccccc43)[C@@]12C. The Balaban J connectivity index is 1.59. The fourth-order valence-electron chi connectivity index (χ4n) is 8.59. The average Bonchev–Trinajstić information content (AvgIpc) is 3.34. The second-order valence-electron chi connectivity index (χ2n) is 17.6. The van der Waals surface area contributed by atoms with E-state index in [1.807, 2.05) is 0 Å². The summed E-state index contributed by atoms with van der Waals surface area (Å²) in [5.74, 6) is 1.27. The predicted molar refractivity (Wildman–Crippen MR) is 176 cm³/mol. The topological polar surface area (TPSA) is 23.4 Å². The van der Waals surface area contributed by atoms with Crippen molar-refractivity contribution in [2.24, 2.45) is 22.7 Å². The lowest BCUT2D eigenvalue weighted by molar-refractivity contribution is -0.171. The molecule has 224 valence electrons. The minimum absolute atomic E-state index is 0.00848. The molecule has 3 nitrogen and oxygen atoms in total. The summed E-state index contributed by atoms with van der Waals surface area (Å²) in [4.78, 5) is 0. The molecule has 1 aromatic carbocycles. The van der Waals surface area contributed by atoms with E-state index in [0.29, 0.717) is 11.8 Å². The molecular weight excluding hydrogens is 523 g/mol. The lowest BCUT2D eigenvalue weighted by atomic mass is 9.40. The van der Waals surface area contributed by atoms with Gasteiger partial charge in [-0.15, -0.1) is 0 Å². The van der Waals surface area contributed by atoms with Crippen LogP contribution in [0.15, 0.2) is 30.3 Å². The Kier molecular flexibility index (Phi) is 7.11. The molecule has 3 aliphatic rings. The van der Waals surface area contributed by atoms with Crippen LogP contribution >= 0.6 is 0 Å². The van der Waals surface area contributed by atoms with Crippen LogP contribution in [0, 0.1) is 22.7 Å². The summed E-state index contributed by atoms with van der Waals surface area (Å²) in [6.07, 6.45) is 5.22. The second-order valence-corrected chi connectivity index (χ2v) is 27.2. The van der Waals surface area contributed by atoms with Gasteiger partial charge in [0, 0.05) is 35.2 Å². The molecule has 5 rings (SSSR count). The largest absolute Gasteiger partial charge is 0.416 e. The van der Waals surface area contributed by atoms with Crippen molar-refractivity contribution in [1.82, 2.24) is 4.57 Å². The van der Waals surface area contributed by atoms with Gasteiger partial charge >= 0.3 is 0 Å². The van der Waals surface area contributed by atoms with Crippen LogP contribution in [0.25, 0.3) is 10.9 Å². The molecule has 2 aromatic rings. The average molecular weight is 582 g/mol. The molecule has 6 atom stereocenters. The highest BCUT2D eigenvalue weighted by Crippen LogP contribution is 2.69. The van der Waals surface area contributed by atoms with E-state index >= 15 is 0 Å². The van der Waals surface area contributed by atoms with Gasteiger partial charge in [0.15, 0.2) is 16.6 Å². The number of hydrogen-bond donors (Lipinski definition) is 0. The smallest absolute Gasteiger partial charge is 0.192 e. The Labute approximate surface area is 248 Å². The molecule has 2 aliphatic carbocycles. The molecule has 2 saturated carbocycles. The van der Waals surface area contributed by atoms with Gasteiger partial charge < -0.3 is 13.4 Å². The summed E-state index contributed by atoms with van der Waals surface area (Å²) < 4.78 is 17.3. The first-order chi connectivity index (χ1) is 18.2. The van der Waals surface area contributed by atoms with Gasteiger partial charge in [-0.1, -0.05) is 80.5 Å². The van der Waals surface area contributed by atoms with Gasteiger partial charge in [0.2, 0.25) is 0 Å². The van der Waals surface area contributed by atoms with Crippen molar-refractivity contribution in [3.63, 3.8) is 0 Å². The molecule has 0 saturated heterocycles. The molecule has 0 unspecified atom stereocenters. The molecule has 0 radical (unpaired) electrons. The molecule has 2 fully saturated rings. The van der Waals surface area contributed by atoms with Crippen molar-refractivity contribution in [3.05, 3.63) is 36.0 Å². The zero-order valence-corrected chi connectivity index (χ0v) is 30.1. The van der Waals surface area contributed by atoms with Crippen molar-refractivity contribution < 1.29 is 8.85 Å². The monoisotopic (exact) mass is 581 g/mol. The standard InChI is InChI=1S/C35H59NO2Si2/c1-31(2,3)39(10,11)37-24-33(7)28-19-18-26-23-36-27-17-15-14-16-25(27)22-29(36)35(26,9)34(28,8)21-20-30(33)38-40(12,13)32(4,5)6/h14-17,22,26,28,30H,18-21,23-24H2,1-13H3/t26-,28-,30-,33-,34-,35+/m0/s1. The maximum absolute atomic E-state index is 7.43. The molecule has 5 heteroatoms. The van der Waals surface area contributed by atoms with E-state index in [2.05, 4.69) is 123 Å². The molecule has 0 bridgehead atoms. The van der Waals surface area contributed by atoms with E-state index in [1.54, 1.807) is 5.69 Å². The van der Waals surface area contributed by atoms with E-state index in [4.69, 9.17) is 8.85 Å². The van der Waals surface area contributed by atoms with Crippen LogP contribution in [0.3, 0.4) is 0 Å². The maximum atomic E-state index is 7.43. The normalized spacial score (nSPS) is 35.0. The third-order valence-corrected chi connectivity index (χ3v) is 22.5. The Morgan fingerprint density at radius 3 is 2.12 bits per heavy atom. The van der Waals surface area contributed by atoms with Crippen molar-refractivity contribution >= 4 is 27.5 Å². The van der Waals surface area contributed by atoms with Crippen LogP contribution < -0.4 is 0 Å². The molecule has 0 spiro atoms. The number of nitrogens with zero attached hydrogens (tertiary/aromatic N) is 1. The molecule has 1 aromatic heterocycles. The first-order valence-electron chi connectivity index (χ1n) is 16.1. The number of para-hydroxylation sites is 1. The molecule has 1 aliphatic heterocycles. The Hall–Kier alpha value is -0.886. The summed E-state index contributed by atoms with van der Waals surface area (Å²) >= 11 is 0. The van der Waals surface area contributed by atoms with Crippen molar-refractivity contribution in [1.29, 1.82) is 0 Å². The van der Waals surface area contributed by atoms with Gasteiger partial charge in [0.25, 0.3) is 0 Å². The van der Waals surface area contributed by atoms with Gasteiger partial charge in [0.05, 0.1) is 6.10 Å². The number of rotatable bonds is 5. The number of hydrogen-bond acceptors (Lipinski definition) is 2. The van der Waals surface area contributed by atoms with Gasteiger partial charge in [-0.05, 0) is 96.7 Å². The highest BCUT2D eigenvalue weighted by atomic mass is 28.4. The predicted octanol–water partition coefficient (Wildman–Crippen LogP) is 10.2. The van der Waals surface area contributed by atoms with Crippen LogP contribution in [0.1, 0.15) is 93.7 Å². The number of aromatic nitrogens is 1. The Bertz CT molecular complexity index is 1270. The second kappa shape index (κ2) is 9.30. The lowest BCUT2D eigenvalue weighted by Gasteiger charge is -2.66. The summed E-state index contributed by atoms with van der Waals surface area (Å²) in [5, 5.41) is 1.81. The van der Waals surface area contributed by atoms with Crippen molar-refractivity contribution in [2.75, 3.05) is 6.61 Å². The Morgan fingerprint density at radius 1 is 0.875 bits per heavy atom. The van der Waals surface area contributed by atoms with Gasteiger partial charge in [-0.2, -0.15) is 0 Å². The highest BCUT2D eigenvalue weighted by Gasteiger charge is 2.67. The lowest BCUT2D eigenvalue weighted by Crippen LogP contribution is -2.65. The van der Waals surface area contributed by atoms with E-state index in [-0.39, 0.29) is 32.4 Å². The van der Waals surface area contributed by atoms with E-state index in [1.165, 1.54) is 36.7 Å². The van der Waals surface area contributed by atoms with Crippen molar-refractivity contribution in [3.8, 4) is 0 Å². The minimum atomic E-state index is -1.95. The summed E-state index contributed by atoms with van der Waals surface area (Å²) in [6, 6.07) is 11.6. The van der Waals surface area contributed by atoms with E-state index in [0.717, 1.165) is 13.0 Å². The third kappa shape index (κ3) is 4.30. The summed E-state index contributed by atoms with van der Waals surface area (Å²) in [5.41, 5.74) is 3.37. The highest BCUT2D eigenvalue weighted by molar-refractivity contribution is 6.74. The first kappa shape index (κ1) is 30.6. The number of benzene rings is 1. The van der Waals surface area contributed by atoms with E-state index in [9.17, 15) is 0 Å². The Morgan fingerprint density at radius 2 is 1.50 bits per heavy atom. The summed E-state index contributed by atoms with van der Waals surface area (Å²) in [7, 11) is -3.86. The van der Waals surface area contributed by atoms with Crippen LogP contribution in [-0.2, 0) is 20.8 Å². The molecule has 0 amide bonds. The third-order valence-electron chi connectivity index (χ3n) is 13.6. The maximum Gasteiger partial charge on any atom is 0.192 e. The van der Waals surface area contributed by atoms with Crippen LogP contribution in [-0.4, -0.2) is 33.9 Å². The molecule has 40 heavy (non-hydrogen) atoms. The van der Waals surface area contributed by atoms with Crippen molar-refractivity contribution in [2.45, 2.75) is 142 Å². The van der Waals surface area contributed by atoms with Crippen LogP contribution in [0.4, 0.5) is 0 Å². The van der Waals surface area contributed by atoms with Gasteiger partial charge in [0.1, 0.15) is 0 Å². The molecule has 2 heterocycles. The fraction of sp³-hybridized carbons (Fsp3) is 0.771. The zero-order chi connectivity index (χ0) is 29.7. The summed E-state index contributed by atoms with van der Waals surface area (Å²) in [6.45, 7) is 33.9. The van der Waals surface area contributed by atoms with E-state index < -0.39 is 16.6 Å². The molecular formula is C35H59NO2Si2. The zero-order valence-electron chi connectivity index (χ0n) is 28.1.